The number of carbonyl (C=O) groups is 1. The molecule has 0 saturated carbocycles. The van der Waals surface area contributed by atoms with Crippen LogP contribution in [0.2, 0.25) is 0 Å². The first-order valence-corrected chi connectivity index (χ1v) is 9.09. The molecule has 3 rings (SSSR count). The number of aromatic nitrogens is 2. The molecule has 0 N–H and O–H groups in total. The van der Waals surface area contributed by atoms with Gasteiger partial charge in [0.15, 0.2) is 0 Å². The van der Waals surface area contributed by atoms with Gasteiger partial charge in [0, 0.05) is 18.5 Å². The Balaban J connectivity index is 1.64. The minimum Gasteiger partial charge on any atom is -0.497 e. The minimum atomic E-state index is 0.0213. The Labute approximate surface area is 164 Å². The molecule has 0 bridgehead atoms. The predicted octanol–water partition coefficient (Wildman–Crippen LogP) is 3.89. The van der Waals surface area contributed by atoms with Gasteiger partial charge < -0.3 is 14.2 Å². The van der Waals surface area contributed by atoms with Gasteiger partial charge in [0.25, 0.3) is 0 Å². The number of amides is 1. The highest BCUT2D eigenvalue weighted by molar-refractivity contribution is 5.76. The van der Waals surface area contributed by atoms with E-state index in [9.17, 15) is 4.79 Å². The van der Waals surface area contributed by atoms with Crippen LogP contribution >= 0.6 is 0 Å². The van der Waals surface area contributed by atoms with E-state index in [0.29, 0.717) is 31.1 Å². The van der Waals surface area contributed by atoms with Crippen molar-refractivity contribution in [3.8, 4) is 17.1 Å². The third kappa shape index (κ3) is 5.07. The number of methoxy groups -OCH3 is 1. The van der Waals surface area contributed by atoms with Gasteiger partial charge in [-0.3, -0.25) is 4.79 Å². The topological polar surface area (TPSA) is 68.5 Å². The fourth-order valence-corrected chi connectivity index (χ4v) is 2.80. The lowest BCUT2D eigenvalue weighted by Crippen LogP contribution is -2.31. The number of benzene rings is 2. The minimum absolute atomic E-state index is 0.0213. The molecule has 6 nitrogen and oxygen atoms in total. The Hall–Kier alpha value is -3.41. The quantitative estimate of drug-likeness (QED) is 0.529. The van der Waals surface area contributed by atoms with Crippen LogP contribution in [0.15, 0.2) is 71.8 Å². The predicted molar refractivity (Wildman–Crippen MR) is 107 cm³/mol. The Bertz CT molecular complexity index is 904. The Morgan fingerprint density at radius 3 is 2.61 bits per heavy atom. The lowest BCUT2D eigenvalue weighted by Gasteiger charge is -2.19. The summed E-state index contributed by atoms with van der Waals surface area (Å²) >= 11 is 0. The smallest absolute Gasteiger partial charge is 0.246 e. The largest absolute Gasteiger partial charge is 0.497 e. The maximum absolute atomic E-state index is 12.6. The molecule has 144 valence electrons. The highest BCUT2D eigenvalue weighted by Gasteiger charge is 2.17. The van der Waals surface area contributed by atoms with Crippen molar-refractivity contribution in [3.63, 3.8) is 0 Å². The second-order valence-corrected chi connectivity index (χ2v) is 6.29. The molecule has 0 aliphatic heterocycles. The number of hydrogen-bond acceptors (Lipinski definition) is 5. The van der Waals surface area contributed by atoms with Gasteiger partial charge in [-0.05, 0) is 36.2 Å². The molecular weight excluding hydrogens is 354 g/mol. The molecule has 1 aromatic heterocycles. The number of hydrogen-bond donors (Lipinski definition) is 0. The first-order valence-electron chi connectivity index (χ1n) is 9.09. The van der Waals surface area contributed by atoms with E-state index < -0.39 is 0 Å². The fourth-order valence-electron chi connectivity index (χ4n) is 2.80. The molecule has 0 spiro atoms. The van der Waals surface area contributed by atoms with Crippen LogP contribution in [0.5, 0.6) is 5.75 Å². The normalized spacial score (nSPS) is 10.5. The van der Waals surface area contributed by atoms with Gasteiger partial charge in [0.05, 0.1) is 7.11 Å². The SMILES string of the molecule is C=CCN(Cc1nc(-c2ccc(OC)cc2)no1)C(=O)CCc1ccccc1. The fraction of sp³-hybridized carbons (Fsp3) is 0.227. The molecule has 1 heterocycles. The summed E-state index contributed by atoms with van der Waals surface area (Å²) in [7, 11) is 1.62. The van der Waals surface area contributed by atoms with Crippen molar-refractivity contribution in [1.29, 1.82) is 0 Å². The third-order valence-electron chi connectivity index (χ3n) is 4.31. The summed E-state index contributed by atoms with van der Waals surface area (Å²) in [6, 6.07) is 17.3. The van der Waals surface area contributed by atoms with Crippen LogP contribution in [0.1, 0.15) is 17.9 Å². The van der Waals surface area contributed by atoms with E-state index in [2.05, 4.69) is 16.7 Å². The lowest BCUT2D eigenvalue weighted by molar-refractivity contribution is -0.131. The molecule has 2 aromatic carbocycles. The van der Waals surface area contributed by atoms with E-state index in [0.717, 1.165) is 16.9 Å². The summed E-state index contributed by atoms with van der Waals surface area (Å²) in [6.07, 6.45) is 2.80. The van der Waals surface area contributed by atoms with Gasteiger partial charge >= 0.3 is 0 Å². The molecule has 0 unspecified atom stereocenters. The van der Waals surface area contributed by atoms with E-state index in [1.807, 2.05) is 54.6 Å². The molecular formula is C22H23N3O3. The zero-order chi connectivity index (χ0) is 19.8. The van der Waals surface area contributed by atoms with Crippen LogP contribution in [0.3, 0.4) is 0 Å². The van der Waals surface area contributed by atoms with Gasteiger partial charge in [0.2, 0.25) is 17.6 Å². The van der Waals surface area contributed by atoms with Crippen LogP contribution in [-0.2, 0) is 17.8 Å². The van der Waals surface area contributed by atoms with Crippen molar-refractivity contribution in [2.24, 2.45) is 0 Å². The van der Waals surface area contributed by atoms with Crippen molar-refractivity contribution < 1.29 is 14.1 Å². The summed E-state index contributed by atoms with van der Waals surface area (Å²) in [5.74, 6) is 1.65. The van der Waals surface area contributed by atoms with Crippen molar-refractivity contribution >= 4 is 5.91 Å². The summed E-state index contributed by atoms with van der Waals surface area (Å²) < 4.78 is 10.5. The first-order chi connectivity index (χ1) is 13.7. The monoisotopic (exact) mass is 377 g/mol. The molecule has 0 aliphatic carbocycles. The zero-order valence-electron chi connectivity index (χ0n) is 15.9. The number of rotatable bonds is 9. The van der Waals surface area contributed by atoms with Crippen molar-refractivity contribution in [1.82, 2.24) is 15.0 Å². The van der Waals surface area contributed by atoms with E-state index in [1.54, 1.807) is 18.1 Å². The summed E-state index contributed by atoms with van der Waals surface area (Å²) in [4.78, 5) is 18.7. The zero-order valence-corrected chi connectivity index (χ0v) is 15.9. The summed E-state index contributed by atoms with van der Waals surface area (Å²) in [5, 5.41) is 4.02. The standard InChI is InChI=1S/C22H23N3O3/c1-3-15-25(21(26)14-9-17-7-5-4-6-8-17)16-20-23-22(24-28-20)18-10-12-19(27-2)13-11-18/h3-8,10-13H,1,9,14-16H2,2H3. The molecule has 3 aromatic rings. The van der Waals surface area contributed by atoms with E-state index in [4.69, 9.17) is 9.26 Å². The average molecular weight is 377 g/mol. The maximum Gasteiger partial charge on any atom is 0.246 e. The van der Waals surface area contributed by atoms with E-state index >= 15 is 0 Å². The van der Waals surface area contributed by atoms with Crippen molar-refractivity contribution in [3.05, 3.63) is 78.7 Å². The number of ether oxygens (including phenoxy) is 1. The van der Waals surface area contributed by atoms with Crippen LogP contribution in [0.4, 0.5) is 0 Å². The highest BCUT2D eigenvalue weighted by atomic mass is 16.5. The average Bonchev–Trinajstić information content (AvgIpc) is 3.21. The Kier molecular flexibility index (Phi) is 6.57. The highest BCUT2D eigenvalue weighted by Crippen LogP contribution is 2.20. The van der Waals surface area contributed by atoms with Crippen molar-refractivity contribution in [2.75, 3.05) is 13.7 Å². The van der Waals surface area contributed by atoms with Gasteiger partial charge in [-0.15, -0.1) is 6.58 Å². The molecule has 0 aliphatic rings. The van der Waals surface area contributed by atoms with Crippen LogP contribution in [-0.4, -0.2) is 34.6 Å². The molecule has 6 heteroatoms. The first kappa shape index (κ1) is 19.4. The second kappa shape index (κ2) is 9.50. The van der Waals surface area contributed by atoms with Crippen LogP contribution in [0, 0.1) is 0 Å². The van der Waals surface area contributed by atoms with Gasteiger partial charge in [0.1, 0.15) is 12.3 Å². The summed E-state index contributed by atoms with van der Waals surface area (Å²) in [5.41, 5.74) is 1.95. The second-order valence-electron chi connectivity index (χ2n) is 6.29. The van der Waals surface area contributed by atoms with E-state index in [1.165, 1.54) is 0 Å². The molecule has 0 radical (unpaired) electrons. The Morgan fingerprint density at radius 1 is 1.18 bits per heavy atom. The van der Waals surface area contributed by atoms with Crippen LogP contribution < -0.4 is 4.74 Å². The molecule has 28 heavy (non-hydrogen) atoms. The van der Waals surface area contributed by atoms with Gasteiger partial charge in [-0.2, -0.15) is 4.98 Å². The molecule has 0 atom stereocenters. The molecule has 1 amide bonds. The lowest BCUT2D eigenvalue weighted by atomic mass is 10.1. The van der Waals surface area contributed by atoms with Gasteiger partial charge in [-0.25, -0.2) is 0 Å². The number of aryl methyl sites for hydroxylation is 1. The maximum atomic E-state index is 12.6. The van der Waals surface area contributed by atoms with E-state index in [-0.39, 0.29) is 12.5 Å². The third-order valence-corrected chi connectivity index (χ3v) is 4.31. The van der Waals surface area contributed by atoms with Crippen molar-refractivity contribution in [2.45, 2.75) is 19.4 Å². The summed E-state index contributed by atoms with van der Waals surface area (Å²) in [6.45, 7) is 4.42. The van der Waals surface area contributed by atoms with Gasteiger partial charge in [-0.1, -0.05) is 41.6 Å². The number of nitrogens with zero attached hydrogens (tertiary/aromatic N) is 3. The van der Waals surface area contributed by atoms with Crippen LogP contribution in [0.25, 0.3) is 11.4 Å². The molecule has 0 saturated heterocycles. The Morgan fingerprint density at radius 2 is 1.93 bits per heavy atom. The number of carbonyl (C=O) groups excluding carboxylic acids is 1. The molecule has 0 fully saturated rings.